The predicted molar refractivity (Wildman–Crippen MR) is 198 cm³/mol. The fourth-order valence-corrected chi connectivity index (χ4v) is 6.33. The molecule has 8 bridgehead atoms. The second-order valence-electron chi connectivity index (χ2n) is 12.5. The van der Waals surface area contributed by atoms with Crippen LogP contribution in [0, 0.1) is 13.8 Å². The van der Waals surface area contributed by atoms with Crippen LogP contribution in [0.5, 0.6) is 0 Å². The zero-order chi connectivity index (χ0) is 37.7. The van der Waals surface area contributed by atoms with Crippen LogP contribution < -0.4 is 0 Å². The molecule has 0 saturated heterocycles. The lowest BCUT2D eigenvalue weighted by Crippen LogP contribution is -2.02. The molecular weight excluding hydrogens is 664 g/mol. The van der Waals surface area contributed by atoms with Crippen LogP contribution in [0.2, 0.25) is 0 Å². The smallest absolute Gasteiger partial charge is 0.331 e. The highest BCUT2D eigenvalue weighted by molar-refractivity contribution is 6.04. The molecule has 12 nitrogen and oxygen atoms in total. The largest absolute Gasteiger partial charge is 0.469 e. The molecule has 0 atom stereocenters. The zero-order valence-corrected chi connectivity index (χ0v) is 30.6. The van der Waals surface area contributed by atoms with Gasteiger partial charge in [0.25, 0.3) is 0 Å². The van der Waals surface area contributed by atoms with Crippen molar-refractivity contribution in [2.24, 2.45) is 0 Å². The summed E-state index contributed by atoms with van der Waals surface area (Å²) >= 11 is 0. The highest BCUT2D eigenvalue weighted by atomic mass is 16.5. The average molecular weight is 707 g/mol. The standard InChI is InChI=1S/C40H42N4O8/c1-21-15-26-17-30-24(4)40(25(16-39(48)52-8)9-12-36(45)49-5)35(44-30)19-32-23(3)28(11-14-38(47)51-7)34(43-32)20-33-27(10-13-37(46)50-6)22(2)31(42-33)18-29(21)41-26/h9,12,15-20,41-42H,10-11,13-14H2,1-8H3/b12-9-,25-16?,26-17?,29-18?,30-17?,31-18?,32-19?,33-20?,34-20?,35-19?. The van der Waals surface area contributed by atoms with Gasteiger partial charge in [-0.2, -0.15) is 0 Å². The predicted octanol–water partition coefficient (Wildman–Crippen LogP) is 6.68. The SMILES string of the molecule is COC(=O)C=C(/C=C\C(=O)OC)C1=C(C)c2cc3cc(C)c(cc4[nH]c(cc5nc(cc1n2)C(C)=C5CCC(=O)OC)c(CCC(=O)OC)c4C)[nH]3. The van der Waals surface area contributed by atoms with Gasteiger partial charge in [-0.3, -0.25) is 9.59 Å². The first-order valence-corrected chi connectivity index (χ1v) is 16.7. The van der Waals surface area contributed by atoms with Crippen molar-refractivity contribution in [3.63, 3.8) is 0 Å². The minimum atomic E-state index is -0.617. The summed E-state index contributed by atoms with van der Waals surface area (Å²) in [5.41, 5.74) is 12.0. The van der Waals surface area contributed by atoms with E-state index in [1.165, 1.54) is 46.7 Å². The van der Waals surface area contributed by atoms with Gasteiger partial charge in [0.05, 0.1) is 51.2 Å². The highest BCUT2D eigenvalue weighted by Crippen LogP contribution is 2.39. The van der Waals surface area contributed by atoms with Crippen molar-refractivity contribution in [3.05, 3.63) is 93.6 Å². The number of nitrogens with zero attached hydrogens (tertiary/aromatic N) is 2. The maximum Gasteiger partial charge on any atom is 0.331 e. The Bertz CT molecular complexity index is 2270. The van der Waals surface area contributed by atoms with Gasteiger partial charge < -0.3 is 28.9 Å². The van der Waals surface area contributed by atoms with Gasteiger partial charge in [0.1, 0.15) is 0 Å². The third kappa shape index (κ3) is 7.96. The summed E-state index contributed by atoms with van der Waals surface area (Å²) in [6.45, 7) is 7.85. The number of nitrogens with one attached hydrogen (secondary N) is 2. The molecule has 2 aliphatic heterocycles. The second kappa shape index (κ2) is 15.9. The summed E-state index contributed by atoms with van der Waals surface area (Å²) in [5, 5.41) is 0. The number of methoxy groups -OCH3 is 4. The van der Waals surface area contributed by atoms with E-state index in [1.807, 2.05) is 58.0 Å². The Labute approximate surface area is 301 Å². The minimum Gasteiger partial charge on any atom is -0.469 e. The Hall–Kier alpha value is -6.04. The van der Waals surface area contributed by atoms with Crippen molar-refractivity contribution in [2.45, 2.75) is 53.4 Å². The number of allylic oxidation sites excluding steroid dienone is 6. The molecule has 3 aromatic heterocycles. The van der Waals surface area contributed by atoms with Crippen LogP contribution in [-0.2, 0) is 44.5 Å². The van der Waals surface area contributed by atoms with E-state index in [2.05, 4.69) is 9.97 Å². The number of ether oxygens (including phenoxy) is 4. The van der Waals surface area contributed by atoms with Crippen molar-refractivity contribution in [1.29, 1.82) is 0 Å². The first-order chi connectivity index (χ1) is 24.9. The number of esters is 4. The molecule has 5 rings (SSSR count). The molecule has 12 heteroatoms. The van der Waals surface area contributed by atoms with Gasteiger partial charge in [-0.05, 0) is 116 Å². The summed E-state index contributed by atoms with van der Waals surface area (Å²) in [5.74, 6) is -1.89. The van der Waals surface area contributed by atoms with Crippen LogP contribution in [-0.4, -0.2) is 72.3 Å². The van der Waals surface area contributed by atoms with E-state index >= 15 is 0 Å². The van der Waals surface area contributed by atoms with Crippen molar-refractivity contribution in [1.82, 2.24) is 19.9 Å². The summed E-state index contributed by atoms with van der Waals surface area (Å²) in [6.07, 6.45) is 5.15. The quantitative estimate of drug-likeness (QED) is 0.101. The molecule has 3 aromatic rings. The minimum absolute atomic E-state index is 0.137. The van der Waals surface area contributed by atoms with Gasteiger partial charge in [0.2, 0.25) is 0 Å². The summed E-state index contributed by atoms with van der Waals surface area (Å²) in [7, 11) is 5.27. The molecule has 2 aliphatic rings. The Morgan fingerprint density at radius 1 is 0.635 bits per heavy atom. The van der Waals surface area contributed by atoms with E-state index in [0.717, 1.165) is 55.5 Å². The Morgan fingerprint density at radius 2 is 1.29 bits per heavy atom. The maximum absolute atomic E-state index is 12.6. The zero-order valence-electron chi connectivity index (χ0n) is 30.6. The number of fused-ring (bicyclic) bond motifs is 8. The molecule has 2 N–H and O–H groups in total. The third-order valence-corrected chi connectivity index (χ3v) is 9.28. The lowest BCUT2D eigenvalue weighted by atomic mass is 9.96. The van der Waals surface area contributed by atoms with Crippen LogP contribution >= 0.6 is 0 Å². The summed E-state index contributed by atoms with van der Waals surface area (Å²) in [6, 6.07) is 9.76. The molecule has 0 unspecified atom stereocenters. The Balaban J connectivity index is 1.89. The maximum atomic E-state index is 12.6. The second-order valence-corrected chi connectivity index (χ2v) is 12.5. The lowest BCUT2D eigenvalue weighted by molar-refractivity contribution is -0.141. The lowest BCUT2D eigenvalue weighted by Gasteiger charge is -2.07. The molecule has 270 valence electrons. The number of carbonyl (C=O) groups is 4. The number of H-pyrrole nitrogens is 2. The molecule has 0 spiro atoms. The van der Waals surface area contributed by atoms with Crippen LogP contribution in [0.25, 0.3) is 44.4 Å². The van der Waals surface area contributed by atoms with Crippen LogP contribution in [0.3, 0.4) is 0 Å². The van der Waals surface area contributed by atoms with Crippen LogP contribution in [0.1, 0.15) is 72.6 Å². The molecule has 0 amide bonds. The first kappa shape index (κ1) is 37.2. The molecule has 0 aromatic carbocycles. The van der Waals surface area contributed by atoms with Gasteiger partial charge in [-0.15, -0.1) is 0 Å². The van der Waals surface area contributed by atoms with E-state index in [0.29, 0.717) is 46.8 Å². The topological polar surface area (TPSA) is 163 Å². The Morgan fingerprint density at radius 3 is 1.96 bits per heavy atom. The number of aromatic nitrogens is 4. The van der Waals surface area contributed by atoms with E-state index in [1.54, 1.807) is 0 Å². The summed E-state index contributed by atoms with van der Waals surface area (Å²) < 4.78 is 19.7. The summed E-state index contributed by atoms with van der Waals surface area (Å²) in [4.78, 5) is 66.5. The van der Waals surface area contributed by atoms with Gasteiger partial charge in [-0.25, -0.2) is 19.6 Å². The number of aromatic amines is 2. The van der Waals surface area contributed by atoms with Gasteiger partial charge >= 0.3 is 23.9 Å². The van der Waals surface area contributed by atoms with E-state index in [-0.39, 0.29) is 24.8 Å². The normalized spacial score (nSPS) is 13.1. The van der Waals surface area contributed by atoms with E-state index < -0.39 is 11.9 Å². The van der Waals surface area contributed by atoms with Gasteiger partial charge in [0.15, 0.2) is 0 Å². The number of carbonyl (C=O) groups excluding carboxylic acids is 4. The van der Waals surface area contributed by atoms with Gasteiger partial charge in [0, 0.05) is 52.6 Å². The molecule has 0 saturated carbocycles. The van der Waals surface area contributed by atoms with Crippen molar-refractivity contribution >= 4 is 68.2 Å². The van der Waals surface area contributed by atoms with Crippen molar-refractivity contribution < 1.29 is 38.1 Å². The molecule has 5 heterocycles. The molecular formula is C40H42N4O8. The number of rotatable bonds is 10. The van der Waals surface area contributed by atoms with Crippen molar-refractivity contribution in [2.75, 3.05) is 28.4 Å². The number of hydrogen-bond donors (Lipinski definition) is 2. The van der Waals surface area contributed by atoms with Crippen LogP contribution in [0.4, 0.5) is 0 Å². The Kier molecular flexibility index (Phi) is 11.4. The van der Waals surface area contributed by atoms with E-state index in [9.17, 15) is 19.2 Å². The third-order valence-electron chi connectivity index (χ3n) is 9.28. The number of aryl methyl sites for hydroxylation is 3. The number of hydrogen-bond acceptors (Lipinski definition) is 10. The highest BCUT2D eigenvalue weighted by Gasteiger charge is 2.24. The monoisotopic (exact) mass is 706 g/mol. The molecule has 0 radical (unpaired) electrons. The first-order valence-electron chi connectivity index (χ1n) is 16.7. The average Bonchev–Trinajstić information content (AvgIpc) is 3.82. The molecule has 0 fully saturated rings. The van der Waals surface area contributed by atoms with Crippen LogP contribution in [0.15, 0.2) is 54.1 Å². The fraction of sp³-hybridized carbons (Fsp3) is 0.300. The van der Waals surface area contributed by atoms with Gasteiger partial charge in [-0.1, -0.05) is 0 Å². The fourth-order valence-electron chi connectivity index (χ4n) is 6.33. The molecule has 52 heavy (non-hydrogen) atoms. The van der Waals surface area contributed by atoms with E-state index in [4.69, 9.17) is 28.9 Å². The molecule has 0 aliphatic carbocycles. The van der Waals surface area contributed by atoms with Crippen molar-refractivity contribution in [3.8, 4) is 0 Å².